The molecular weight excluding hydrogens is 520 g/mol. The van der Waals surface area contributed by atoms with Crippen LogP contribution < -0.4 is 0 Å². The number of carboxylic acid groups (broad SMARTS) is 1. The van der Waals surface area contributed by atoms with Crippen molar-refractivity contribution in [2.45, 2.75) is 131 Å². The van der Waals surface area contributed by atoms with Crippen LogP contribution in [0.5, 0.6) is 0 Å². The van der Waals surface area contributed by atoms with E-state index < -0.39 is 24.5 Å². The zero-order valence-corrected chi connectivity index (χ0v) is 26.3. The van der Waals surface area contributed by atoms with Crippen molar-refractivity contribution in [2.24, 2.45) is 39.4 Å². The van der Waals surface area contributed by atoms with Gasteiger partial charge in [0.1, 0.15) is 18.6 Å². The number of esters is 2. The van der Waals surface area contributed by atoms with E-state index in [-0.39, 0.29) is 45.8 Å². The Kier molecular flexibility index (Phi) is 7.36. The third-order valence-corrected chi connectivity index (χ3v) is 13.3. The number of carbonyl (C=O) groups is 3. The molecule has 228 valence electrons. The molecule has 0 aromatic carbocycles. The first-order valence-electron chi connectivity index (χ1n) is 15.7. The van der Waals surface area contributed by atoms with Crippen LogP contribution in [0.25, 0.3) is 0 Å². The molecule has 4 aliphatic carbocycles. The predicted octanol–water partition coefficient (Wildman–Crippen LogP) is 6.38. The van der Waals surface area contributed by atoms with Crippen molar-refractivity contribution >= 4 is 17.9 Å². The van der Waals surface area contributed by atoms with Gasteiger partial charge in [0, 0.05) is 16.4 Å². The Balaban J connectivity index is 1.42. The number of carbonyl (C=O) groups excluding carboxylic acids is 2. The summed E-state index contributed by atoms with van der Waals surface area (Å²) in [6, 6.07) is 0. The molecule has 7 heteroatoms. The quantitative estimate of drug-likeness (QED) is 0.217. The van der Waals surface area contributed by atoms with Gasteiger partial charge in [-0.2, -0.15) is 0 Å². The lowest BCUT2D eigenvalue weighted by Crippen LogP contribution is -2.58. The number of fused-ring (bicyclic) bond motifs is 4. The first-order chi connectivity index (χ1) is 19.0. The van der Waals surface area contributed by atoms with E-state index in [2.05, 4.69) is 41.5 Å². The van der Waals surface area contributed by atoms with E-state index in [1.54, 1.807) is 5.57 Å². The van der Waals surface area contributed by atoms with Crippen LogP contribution in [0.3, 0.4) is 0 Å². The van der Waals surface area contributed by atoms with E-state index in [0.29, 0.717) is 24.7 Å². The summed E-state index contributed by atoms with van der Waals surface area (Å²) in [6.07, 6.45) is 5.56. The fourth-order valence-corrected chi connectivity index (χ4v) is 10.6. The minimum atomic E-state index is -1.16. The number of aliphatic hydroxyl groups excluding tert-OH is 1. The van der Waals surface area contributed by atoms with Crippen molar-refractivity contribution in [3.63, 3.8) is 0 Å². The molecule has 9 atom stereocenters. The number of hydrogen-bond donors (Lipinski definition) is 2. The molecule has 0 radical (unpaired) electrons. The summed E-state index contributed by atoms with van der Waals surface area (Å²) in [5.41, 5.74) is 3.99. The molecule has 41 heavy (non-hydrogen) atoms. The summed E-state index contributed by atoms with van der Waals surface area (Å²) < 4.78 is 11.5. The van der Waals surface area contributed by atoms with Crippen molar-refractivity contribution in [1.29, 1.82) is 0 Å². The number of ether oxygens (including phenoxy) is 2. The van der Waals surface area contributed by atoms with E-state index in [1.807, 2.05) is 13.8 Å². The smallest absolute Gasteiger partial charge is 0.334 e. The average molecular weight is 571 g/mol. The largest absolute Gasteiger partial charge is 0.481 e. The van der Waals surface area contributed by atoms with Gasteiger partial charge in [-0.1, -0.05) is 52.7 Å². The molecule has 0 amide bonds. The molecule has 2 N–H and O–H groups in total. The van der Waals surface area contributed by atoms with Gasteiger partial charge >= 0.3 is 17.9 Å². The molecule has 0 saturated heterocycles. The number of carboxylic acids is 1. The third-order valence-electron chi connectivity index (χ3n) is 13.3. The normalized spacial score (nSPS) is 42.3. The van der Waals surface area contributed by atoms with Gasteiger partial charge in [0.15, 0.2) is 0 Å². The van der Waals surface area contributed by atoms with Gasteiger partial charge in [0.05, 0.1) is 6.10 Å². The second-order valence-electron chi connectivity index (χ2n) is 15.3. The van der Waals surface area contributed by atoms with E-state index in [9.17, 15) is 19.5 Å². The van der Waals surface area contributed by atoms with E-state index in [4.69, 9.17) is 14.6 Å². The van der Waals surface area contributed by atoms with E-state index in [0.717, 1.165) is 49.7 Å². The number of allylic oxidation sites excluding steroid dienone is 1. The third kappa shape index (κ3) is 4.34. The lowest BCUT2D eigenvalue weighted by Gasteiger charge is -2.63. The van der Waals surface area contributed by atoms with Crippen molar-refractivity contribution in [1.82, 2.24) is 0 Å². The summed E-state index contributed by atoms with van der Waals surface area (Å²) in [4.78, 5) is 35.5. The maximum absolute atomic E-state index is 12.3. The molecule has 7 nitrogen and oxygen atoms in total. The summed E-state index contributed by atoms with van der Waals surface area (Å²) in [5.74, 6) is -1.12. The first-order valence-corrected chi connectivity index (χ1v) is 15.7. The molecule has 0 bridgehead atoms. The highest BCUT2D eigenvalue weighted by molar-refractivity contribution is 5.91. The van der Waals surface area contributed by atoms with E-state index in [1.165, 1.54) is 5.57 Å². The molecular formula is C34H50O7. The molecule has 0 aromatic heterocycles. The standard InChI is InChI=1S/C34H50O7/c1-18(15-24-19(2)20(3)30(39)40-24)21-11-14-33(7)22-9-10-25-31(4,5)27(41-29(38)17-28(36)37)12-13-32(25,6)23(22)16-26(35)34(21,33)8/h18,21,24-27,35H,9-17H2,1-8H3,(H,36,37)/t18-,21-,24+,25+,26-,27-,32-,33+,34+/m1/s1. The van der Waals surface area contributed by atoms with Crippen LogP contribution in [0.1, 0.15) is 113 Å². The fourth-order valence-electron chi connectivity index (χ4n) is 10.6. The number of aliphatic carboxylic acids is 1. The average Bonchev–Trinajstić information content (AvgIpc) is 3.29. The van der Waals surface area contributed by atoms with Gasteiger partial charge < -0.3 is 19.7 Å². The summed E-state index contributed by atoms with van der Waals surface area (Å²) in [7, 11) is 0. The van der Waals surface area contributed by atoms with Crippen LogP contribution in [0.2, 0.25) is 0 Å². The van der Waals surface area contributed by atoms with Crippen LogP contribution >= 0.6 is 0 Å². The topological polar surface area (TPSA) is 110 Å². The van der Waals surface area contributed by atoms with Crippen molar-refractivity contribution in [2.75, 3.05) is 0 Å². The SMILES string of the molecule is CC1=C(C)[C@H](C[C@@H](C)[C@H]2CC[C@@]3(C)C4=C(C[C@@H](O)[C@]23C)[C@@]2(C)CC[C@@H](OC(=O)CC(=O)O)C(C)(C)[C@@H]2CC4)OC1=O. The molecule has 0 spiro atoms. The van der Waals surface area contributed by atoms with Gasteiger partial charge in [-0.15, -0.1) is 0 Å². The summed E-state index contributed by atoms with van der Waals surface area (Å²) in [6.45, 7) is 17.6. The van der Waals surface area contributed by atoms with Crippen molar-refractivity contribution < 1.29 is 34.1 Å². The van der Waals surface area contributed by atoms with Gasteiger partial charge in [-0.25, -0.2) is 4.79 Å². The predicted molar refractivity (Wildman–Crippen MR) is 155 cm³/mol. The summed E-state index contributed by atoms with van der Waals surface area (Å²) >= 11 is 0. The van der Waals surface area contributed by atoms with Crippen LogP contribution in [0, 0.1) is 39.4 Å². The summed E-state index contributed by atoms with van der Waals surface area (Å²) in [5, 5.41) is 21.1. The molecule has 0 aromatic rings. The Morgan fingerprint density at radius 2 is 1.73 bits per heavy atom. The van der Waals surface area contributed by atoms with Crippen LogP contribution in [-0.4, -0.2) is 46.4 Å². The zero-order chi connectivity index (χ0) is 30.3. The Morgan fingerprint density at radius 3 is 2.34 bits per heavy atom. The van der Waals surface area contributed by atoms with Crippen LogP contribution in [0.4, 0.5) is 0 Å². The molecule has 5 rings (SSSR count). The Labute approximate surface area is 245 Å². The number of rotatable bonds is 6. The van der Waals surface area contributed by atoms with Gasteiger partial charge in [-0.05, 0) is 99.4 Å². The minimum Gasteiger partial charge on any atom is -0.481 e. The first kappa shape index (κ1) is 30.3. The molecule has 5 aliphatic rings. The maximum atomic E-state index is 12.3. The van der Waals surface area contributed by atoms with Gasteiger partial charge in [0.2, 0.25) is 0 Å². The molecule has 2 saturated carbocycles. The number of hydrogen-bond acceptors (Lipinski definition) is 6. The Bertz CT molecular complexity index is 1210. The van der Waals surface area contributed by atoms with E-state index >= 15 is 0 Å². The van der Waals surface area contributed by atoms with Crippen LogP contribution in [-0.2, 0) is 23.9 Å². The monoisotopic (exact) mass is 570 g/mol. The number of aliphatic hydroxyl groups is 1. The Hall–Kier alpha value is -2.15. The minimum absolute atomic E-state index is 0.0979. The van der Waals surface area contributed by atoms with Crippen molar-refractivity contribution in [3.8, 4) is 0 Å². The highest BCUT2D eigenvalue weighted by atomic mass is 16.6. The molecule has 1 aliphatic heterocycles. The van der Waals surface area contributed by atoms with Gasteiger partial charge in [0.25, 0.3) is 0 Å². The molecule has 2 fully saturated rings. The second-order valence-corrected chi connectivity index (χ2v) is 15.3. The van der Waals surface area contributed by atoms with Crippen LogP contribution in [0.15, 0.2) is 22.3 Å². The molecule has 0 unspecified atom stereocenters. The fraction of sp³-hybridized carbons (Fsp3) is 0.794. The maximum Gasteiger partial charge on any atom is 0.334 e. The second kappa shape index (κ2) is 9.96. The zero-order valence-electron chi connectivity index (χ0n) is 26.3. The number of cyclic esters (lactones) is 1. The van der Waals surface area contributed by atoms with Crippen molar-refractivity contribution in [3.05, 3.63) is 22.3 Å². The Morgan fingerprint density at radius 1 is 1.05 bits per heavy atom. The molecule has 1 heterocycles. The lowest BCUT2D eigenvalue weighted by molar-refractivity contribution is -0.173. The lowest BCUT2D eigenvalue weighted by atomic mass is 9.42. The highest BCUT2D eigenvalue weighted by Crippen LogP contribution is 2.72. The van der Waals surface area contributed by atoms with Gasteiger partial charge in [-0.3, -0.25) is 9.59 Å². The highest BCUT2D eigenvalue weighted by Gasteiger charge is 2.66.